The number of benzene rings is 1. The molecular formula is C16H29IN4O2S. The lowest BCUT2D eigenvalue weighted by atomic mass is 10.0. The van der Waals surface area contributed by atoms with Crippen molar-refractivity contribution in [1.29, 1.82) is 0 Å². The summed E-state index contributed by atoms with van der Waals surface area (Å²) in [6, 6.07) is 6.21. The Morgan fingerprint density at radius 1 is 1.17 bits per heavy atom. The summed E-state index contributed by atoms with van der Waals surface area (Å²) in [5, 5.41) is 3.19. The number of nitrogens with one attached hydrogen (secondary N) is 2. The van der Waals surface area contributed by atoms with Crippen molar-refractivity contribution in [2.24, 2.45) is 10.7 Å². The molecule has 0 spiro atoms. The van der Waals surface area contributed by atoms with Crippen molar-refractivity contribution in [1.82, 2.24) is 4.72 Å². The van der Waals surface area contributed by atoms with Gasteiger partial charge < -0.3 is 11.1 Å². The second-order valence-electron chi connectivity index (χ2n) is 5.20. The van der Waals surface area contributed by atoms with Crippen LogP contribution in [0, 0.1) is 0 Å². The molecule has 0 fully saturated rings. The first kappa shape index (κ1) is 23.1. The van der Waals surface area contributed by atoms with Crippen LogP contribution < -0.4 is 15.8 Å². The van der Waals surface area contributed by atoms with Gasteiger partial charge in [0.1, 0.15) is 0 Å². The number of para-hydroxylation sites is 1. The molecule has 1 aromatic carbocycles. The molecule has 6 nitrogen and oxygen atoms in total. The largest absolute Gasteiger partial charge is 0.370 e. The van der Waals surface area contributed by atoms with E-state index in [2.05, 4.69) is 47.1 Å². The fourth-order valence-electron chi connectivity index (χ4n) is 2.18. The summed E-state index contributed by atoms with van der Waals surface area (Å²) < 4.78 is 25.1. The van der Waals surface area contributed by atoms with Crippen molar-refractivity contribution in [3.8, 4) is 0 Å². The van der Waals surface area contributed by atoms with Crippen molar-refractivity contribution in [2.75, 3.05) is 24.2 Å². The molecule has 4 N–H and O–H groups in total. The molecule has 0 aliphatic carbocycles. The van der Waals surface area contributed by atoms with E-state index in [1.807, 2.05) is 0 Å². The first-order chi connectivity index (χ1) is 10.9. The lowest BCUT2D eigenvalue weighted by Crippen LogP contribution is -2.27. The molecule has 0 bridgehead atoms. The third-order valence-electron chi connectivity index (χ3n) is 3.57. The van der Waals surface area contributed by atoms with E-state index in [1.165, 1.54) is 11.1 Å². The number of rotatable bonds is 9. The molecule has 0 unspecified atom stereocenters. The zero-order valence-electron chi connectivity index (χ0n) is 14.6. The van der Waals surface area contributed by atoms with Crippen molar-refractivity contribution >= 4 is 45.6 Å². The average molecular weight is 468 g/mol. The van der Waals surface area contributed by atoms with Crippen LogP contribution in [0.2, 0.25) is 0 Å². The van der Waals surface area contributed by atoms with Gasteiger partial charge >= 0.3 is 0 Å². The third-order valence-corrected chi connectivity index (χ3v) is 4.98. The Bertz CT molecular complexity index is 611. The Morgan fingerprint density at radius 3 is 2.25 bits per heavy atom. The van der Waals surface area contributed by atoms with Gasteiger partial charge in [-0.2, -0.15) is 0 Å². The number of nitrogens with two attached hydrogens (primary N) is 1. The number of aryl methyl sites for hydroxylation is 2. The third kappa shape index (κ3) is 7.80. The van der Waals surface area contributed by atoms with E-state index in [0.717, 1.165) is 18.5 Å². The number of sulfonamides is 1. The van der Waals surface area contributed by atoms with E-state index in [1.54, 1.807) is 6.92 Å². The molecule has 0 saturated carbocycles. The van der Waals surface area contributed by atoms with Gasteiger partial charge in [0.05, 0.1) is 5.75 Å². The summed E-state index contributed by atoms with van der Waals surface area (Å²) in [4.78, 5) is 4.26. The van der Waals surface area contributed by atoms with Crippen LogP contribution in [0.5, 0.6) is 0 Å². The highest BCUT2D eigenvalue weighted by Gasteiger charge is 2.07. The van der Waals surface area contributed by atoms with Crippen LogP contribution in [0.3, 0.4) is 0 Å². The zero-order chi connectivity index (χ0) is 17.3. The Labute approximate surface area is 162 Å². The molecule has 138 valence electrons. The molecule has 24 heavy (non-hydrogen) atoms. The van der Waals surface area contributed by atoms with Crippen molar-refractivity contribution in [3.63, 3.8) is 0 Å². The maximum Gasteiger partial charge on any atom is 0.211 e. The maximum absolute atomic E-state index is 11.3. The van der Waals surface area contributed by atoms with Gasteiger partial charge in [-0.25, -0.2) is 13.1 Å². The van der Waals surface area contributed by atoms with E-state index in [0.29, 0.717) is 25.5 Å². The molecule has 0 heterocycles. The second-order valence-corrected chi connectivity index (χ2v) is 7.30. The van der Waals surface area contributed by atoms with Crippen LogP contribution in [0.1, 0.15) is 38.3 Å². The predicted octanol–water partition coefficient (Wildman–Crippen LogP) is 2.49. The molecule has 0 saturated heterocycles. The van der Waals surface area contributed by atoms with E-state index in [4.69, 9.17) is 5.73 Å². The molecule has 0 atom stereocenters. The number of nitrogens with zero attached hydrogens (tertiary/aromatic N) is 1. The highest BCUT2D eigenvalue weighted by Crippen LogP contribution is 2.22. The molecular weight excluding hydrogens is 439 g/mol. The smallest absolute Gasteiger partial charge is 0.211 e. The number of aliphatic imine (C=N–C) groups is 1. The molecule has 0 aliphatic rings. The van der Waals surface area contributed by atoms with Crippen LogP contribution in [0.15, 0.2) is 23.2 Å². The van der Waals surface area contributed by atoms with Crippen LogP contribution >= 0.6 is 24.0 Å². The number of hydrogen-bond acceptors (Lipinski definition) is 3. The first-order valence-corrected chi connectivity index (χ1v) is 9.73. The summed E-state index contributed by atoms with van der Waals surface area (Å²) in [7, 11) is -3.13. The average Bonchev–Trinajstić information content (AvgIpc) is 2.54. The van der Waals surface area contributed by atoms with Gasteiger partial charge in [0.2, 0.25) is 10.0 Å². The minimum atomic E-state index is -3.13. The monoisotopic (exact) mass is 468 g/mol. The van der Waals surface area contributed by atoms with Gasteiger partial charge in [-0.3, -0.25) is 4.99 Å². The van der Waals surface area contributed by atoms with E-state index in [9.17, 15) is 8.42 Å². The molecule has 0 radical (unpaired) electrons. The summed E-state index contributed by atoms with van der Waals surface area (Å²) in [6.45, 7) is 6.67. The number of halogens is 1. The SMILES string of the molecule is CCc1cccc(CC)c1NC(N)=NCCCNS(=O)(=O)CC.I. The fraction of sp³-hybridized carbons (Fsp3) is 0.562. The molecule has 0 aliphatic heterocycles. The summed E-state index contributed by atoms with van der Waals surface area (Å²) >= 11 is 0. The van der Waals surface area contributed by atoms with Gasteiger partial charge in [0.15, 0.2) is 5.96 Å². The number of guanidine groups is 1. The normalized spacial score (nSPS) is 11.9. The summed E-state index contributed by atoms with van der Waals surface area (Å²) in [6.07, 6.45) is 2.45. The molecule has 0 amide bonds. The number of hydrogen-bond donors (Lipinski definition) is 3. The molecule has 0 aromatic heterocycles. The highest BCUT2D eigenvalue weighted by molar-refractivity contribution is 14.0. The lowest BCUT2D eigenvalue weighted by Gasteiger charge is -2.14. The summed E-state index contributed by atoms with van der Waals surface area (Å²) in [5.74, 6) is 0.451. The van der Waals surface area contributed by atoms with Gasteiger partial charge in [-0.05, 0) is 37.3 Å². The van der Waals surface area contributed by atoms with Crippen molar-refractivity contribution < 1.29 is 8.42 Å². The quantitative estimate of drug-likeness (QED) is 0.225. The van der Waals surface area contributed by atoms with Gasteiger partial charge in [0.25, 0.3) is 0 Å². The minimum absolute atomic E-state index is 0. The van der Waals surface area contributed by atoms with E-state index in [-0.39, 0.29) is 29.7 Å². The Morgan fingerprint density at radius 2 is 1.75 bits per heavy atom. The topological polar surface area (TPSA) is 96.6 Å². The second kappa shape index (κ2) is 11.6. The number of anilines is 1. The van der Waals surface area contributed by atoms with Gasteiger partial charge in [-0.1, -0.05) is 32.0 Å². The molecule has 1 rings (SSSR count). The van der Waals surface area contributed by atoms with Crippen LogP contribution in [0.4, 0.5) is 5.69 Å². The Kier molecular flexibility index (Phi) is 11.2. The van der Waals surface area contributed by atoms with E-state index < -0.39 is 10.0 Å². The predicted molar refractivity (Wildman–Crippen MR) is 113 cm³/mol. The van der Waals surface area contributed by atoms with Crippen LogP contribution in [-0.4, -0.2) is 33.2 Å². The van der Waals surface area contributed by atoms with Crippen LogP contribution in [-0.2, 0) is 22.9 Å². The van der Waals surface area contributed by atoms with Crippen molar-refractivity contribution in [3.05, 3.63) is 29.3 Å². The first-order valence-electron chi connectivity index (χ1n) is 8.08. The lowest BCUT2D eigenvalue weighted by molar-refractivity contribution is 0.581. The van der Waals surface area contributed by atoms with Crippen molar-refractivity contribution in [2.45, 2.75) is 40.0 Å². The Balaban J connectivity index is 0.00000529. The van der Waals surface area contributed by atoms with E-state index >= 15 is 0 Å². The van der Waals surface area contributed by atoms with Gasteiger partial charge in [-0.15, -0.1) is 24.0 Å². The van der Waals surface area contributed by atoms with Gasteiger partial charge in [0, 0.05) is 18.8 Å². The van der Waals surface area contributed by atoms with Crippen LogP contribution in [0.25, 0.3) is 0 Å². The zero-order valence-corrected chi connectivity index (χ0v) is 17.8. The molecule has 8 heteroatoms. The maximum atomic E-state index is 11.3. The summed E-state index contributed by atoms with van der Waals surface area (Å²) in [5.41, 5.74) is 9.39. The molecule has 1 aromatic rings. The Hall–Kier alpha value is -0.870. The minimum Gasteiger partial charge on any atom is -0.370 e. The highest BCUT2D eigenvalue weighted by atomic mass is 127. The standard InChI is InChI=1S/C16H28N4O2S.HI/c1-4-13-9-7-10-14(5-2)15(13)20-16(17)18-11-8-12-19-23(21,22)6-3;/h7,9-10,19H,4-6,8,11-12H2,1-3H3,(H3,17,18,20);1H. The fourth-order valence-corrected chi connectivity index (χ4v) is 2.84.